The normalized spacial score (nSPS) is 10.7. The number of hydrogen-bond donors (Lipinski definition) is 1. The maximum Gasteiger partial charge on any atom is 0.205 e. The topological polar surface area (TPSA) is 56.3 Å². The summed E-state index contributed by atoms with van der Waals surface area (Å²) < 4.78 is 7.19. The largest absolute Gasteiger partial charge is 0.385 e. The summed E-state index contributed by atoms with van der Waals surface area (Å²) in [5.74, 6) is 1.00. The number of nitrogens with two attached hydrogens (primary N) is 1. The Morgan fingerprint density at radius 2 is 2.31 bits per heavy atom. The summed E-state index contributed by atoms with van der Waals surface area (Å²) in [5, 5.41) is 0. The molecule has 0 amide bonds. The molecule has 0 unspecified atom stereocenters. The van der Waals surface area contributed by atoms with Crippen molar-refractivity contribution in [2.45, 2.75) is 19.4 Å². The second kappa shape index (κ2) is 7.24. The zero-order valence-electron chi connectivity index (χ0n) is 10.2. The average molecular weight is 226 g/mol. The Hall–Kier alpha value is -1.07. The van der Waals surface area contributed by atoms with E-state index in [1.165, 1.54) is 0 Å². The van der Waals surface area contributed by atoms with Gasteiger partial charge >= 0.3 is 0 Å². The van der Waals surface area contributed by atoms with E-state index < -0.39 is 0 Å². The molecular formula is C11H22N4O. The van der Waals surface area contributed by atoms with Crippen LogP contribution in [0, 0.1) is 0 Å². The predicted octanol–water partition coefficient (Wildman–Crippen LogP) is 0.705. The molecule has 0 spiro atoms. The summed E-state index contributed by atoms with van der Waals surface area (Å²) in [6.45, 7) is 3.38. The van der Waals surface area contributed by atoms with Crippen molar-refractivity contribution in [1.82, 2.24) is 9.55 Å². The Morgan fingerprint density at radius 3 is 3.00 bits per heavy atom. The first-order chi connectivity index (χ1) is 7.79. The third-order valence-electron chi connectivity index (χ3n) is 2.48. The average Bonchev–Trinajstić information content (AvgIpc) is 2.74. The molecule has 0 aromatic carbocycles. The zero-order valence-corrected chi connectivity index (χ0v) is 10.2. The van der Waals surface area contributed by atoms with Gasteiger partial charge in [0.25, 0.3) is 0 Å². The number of imidazole rings is 1. The summed E-state index contributed by atoms with van der Waals surface area (Å²) >= 11 is 0. The van der Waals surface area contributed by atoms with Crippen LogP contribution >= 0.6 is 0 Å². The number of rotatable bonds is 8. The molecule has 0 radical (unpaired) electrons. The standard InChI is InChI=1S/C11H22N4O/c1-14(7-3-5-12)11-13-6-9-15(11)8-4-10-16-2/h6,9H,3-5,7-8,10,12H2,1-2H3. The predicted molar refractivity (Wildman–Crippen MR) is 65.7 cm³/mol. The van der Waals surface area contributed by atoms with Gasteiger partial charge in [-0.3, -0.25) is 0 Å². The molecule has 0 fully saturated rings. The molecule has 2 N–H and O–H groups in total. The lowest BCUT2D eigenvalue weighted by Gasteiger charge is -2.19. The van der Waals surface area contributed by atoms with Gasteiger partial charge in [-0.25, -0.2) is 4.98 Å². The van der Waals surface area contributed by atoms with Crippen LogP contribution in [0.5, 0.6) is 0 Å². The number of ether oxygens (including phenoxy) is 1. The molecule has 16 heavy (non-hydrogen) atoms. The van der Waals surface area contributed by atoms with Crippen LogP contribution in [-0.4, -0.2) is 43.4 Å². The van der Waals surface area contributed by atoms with Crippen molar-refractivity contribution >= 4 is 5.95 Å². The number of aryl methyl sites for hydroxylation is 1. The van der Waals surface area contributed by atoms with Gasteiger partial charge in [-0.2, -0.15) is 0 Å². The highest BCUT2D eigenvalue weighted by Crippen LogP contribution is 2.10. The maximum atomic E-state index is 5.50. The van der Waals surface area contributed by atoms with Crippen LogP contribution in [0.4, 0.5) is 5.95 Å². The Morgan fingerprint density at radius 1 is 1.50 bits per heavy atom. The molecular weight excluding hydrogens is 204 g/mol. The van der Waals surface area contributed by atoms with E-state index in [1.54, 1.807) is 7.11 Å². The summed E-state index contributed by atoms with van der Waals surface area (Å²) in [7, 11) is 3.77. The fourth-order valence-electron chi connectivity index (χ4n) is 1.62. The summed E-state index contributed by atoms with van der Waals surface area (Å²) in [4.78, 5) is 6.49. The number of aromatic nitrogens is 2. The quantitative estimate of drug-likeness (QED) is 0.663. The Kier molecular flexibility index (Phi) is 5.88. The van der Waals surface area contributed by atoms with Gasteiger partial charge < -0.3 is 19.9 Å². The molecule has 0 bridgehead atoms. The van der Waals surface area contributed by atoms with Crippen molar-refractivity contribution in [3.8, 4) is 0 Å². The van der Waals surface area contributed by atoms with E-state index in [9.17, 15) is 0 Å². The molecule has 5 nitrogen and oxygen atoms in total. The smallest absolute Gasteiger partial charge is 0.205 e. The lowest BCUT2D eigenvalue weighted by Crippen LogP contribution is -2.24. The second-order valence-electron chi connectivity index (χ2n) is 3.83. The van der Waals surface area contributed by atoms with Gasteiger partial charge in [0.15, 0.2) is 0 Å². The Labute approximate surface area is 97.2 Å². The highest BCUT2D eigenvalue weighted by Gasteiger charge is 2.07. The van der Waals surface area contributed by atoms with Crippen molar-refractivity contribution in [2.75, 3.05) is 38.8 Å². The molecule has 92 valence electrons. The first-order valence-electron chi connectivity index (χ1n) is 5.71. The van der Waals surface area contributed by atoms with Crippen LogP contribution in [0.1, 0.15) is 12.8 Å². The second-order valence-corrected chi connectivity index (χ2v) is 3.83. The highest BCUT2D eigenvalue weighted by molar-refractivity contribution is 5.29. The third-order valence-corrected chi connectivity index (χ3v) is 2.48. The molecule has 1 heterocycles. The van der Waals surface area contributed by atoms with Crippen molar-refractivity contribution in [3.05, 3.63) is 12.4 Å². The molecule has 0 aliphatic rings. The van der Waals surface area contributed by atoms with E-state index in [0.29, 0.717) is 6.54 Å². The van der Waals surface area contributed by atoms with Crippen LogP contribution in [-0.2, 0) is 11.3 Å². The fourth-order valence-corrected chi connectivity index (χ4v) is 1.62. The molecule has 1 rings (SSSR count). The molecule has 1 aromatic heterocycles. The van der Waals surface area contributed by atoms with E-state index >= 15 is 0 Å². The van der Waals surface area contributed by atoms with E-state index in [1.807, 2.05) is 19.4 Å². The van der Waals surface area contributed by atoms with Crippen LogP contribution in [0.15, 0.2) is 12.4 Å². The highest BCUT2D eigenvalue weighted by atomic mass is 16.5. The molecule has 5 heteroatoms. The van der Waals surface area contributed by atoms with Crippen LogP contribution < -0.4 is 10.6 Å². The number of methoxy groups -OCH3 is 1. The summed E-state index contributed by atoms with van der Waals surface area (Å²) in [6.07, 6.45) is 5.83. The van der Waals surface area contributed by atoms with E-state index in [2.05, 4.69) is 14.5 Å². The summed E-state index contributed by atoms with van der Waals surface area (Å²) in [6, 6.07) is 0. The molecule has 0 saturated heterocycles. The Balaban J connectivity index is 2.48. The fraction of sp³-hybridized carbons (Fsp3) is 0.727. The lowest BCUT2D eigenvalue weighted by molar-refractivity contribution is 0.190. The van der Waals surface area contributed by atoms with E-state index in [-0.39, 0.29) is 0 Å². The minimum Gasteiger partial charge on any atom is -0.385 e. The molecule has 0 aliphatic heterocycles. The van der Waals surface area contributed by atoms with E-state index in [4.69, 9.17) is 10.5 Å². The van der Waals surface area contributed by atoms with Crippen LogP contribution in [0.2, 0.25) is 0 Å². The van der Waals surface area contributed by atoms with Gasteiger partial charge in [-0.05, 0) is 19.4 Å². The number of anilines is 1. The molecule has 0 aliphatic carbocycles. The first-order valence-corrected chi connectivity index (χ1v) is 5.71. The minimum absolute atomic E-state index is 0.717. The zero-order chi connectivity index (χ0) is 11.8. The lowest BCUT2D eigenvalue weighted by atomic mass is 10.4. The summed E-state index contributed by atoms with van der Waals surface area (Å²) in [5.41, 5.74) is 5.50. The number of nitrogens with zero attached hydrogens (tertiary/aromatic N) is 3. The van der Waals surface area contributed by atoms with Gasteiger partial charge in [0.2, 0.25) is 5.95 Å². The first kappa shape index (κ1) is 13.0. The molecule has 0 atom stereocenters. The van der Waals surface area contributed by atoms with Gasteiger partial charge in [0.05, 0.1) is 0 Å². The molecule has 0 saturated carbocycles. The van der Waals surface area contributed by atoms with Crippen LogP contribution in [0.3, 0.4) is 0 Å². The molecule has 1 aromatic rings. The van der Waals surface area contributed by atoms with Crippen LogP contribution in [0.25, 0.3) is 0 Å². The monoisotopic (exact) mass is 226 g/mol. The van der Waals surface area contributed by atoms with Gasteiger partial charge in [0.1, 0.15) is 0 Å². The van der Waals surface area contributed by atoms with Crippen molar-refractivity contribution < 1.29 is 4.74 Å². The van der Waals surface area contributed by atoms with Gasteiger partial charge in [-0.1, -0.05) is 0 Å². The van der Waals surface area contributed by atoms with Crippen molar-refractivity contribution in [2.24, 2.45) is 5.73 Å². The maximum absolute atomic E-state index is 5.50. The SMILES string of the molecule is COCCCn1ccnc1N(C)CCCN. The van der Waals surface area contributed by atoms with Gasteiger partial charge in [-0.15, -0.1) is 0 Å². The minimum atomic E-state index is 0.717. The third kappa shape index (κ3) is 3.83. The Bertz CT molecular complexity index is 287. The van der Waals surface area contributed by atoms with Crippen molar-refractivity contribution in [3.63, 3.8) is 0 Å². The number of hydrogen-bond acceptors (Lipinski definition) is 4. The van der Waals surface area contributed by atoms with Gasteiger partial charge in [0, 0.05) is 46.2 Å². The van der Waals surface area contributed by atoms with Crippen molar-refractivity contribution in [1.29, 1.82) is 0 Å². The van der Waals surface area contributed by atoms with E-state index in [0.717, 1.165) is 38.5 Å².